The molecule has 17 heavy (non-hydrogen) atoms. The van der Waals surface area contributed by atoms with Crippen molar-refractivity contribution in [3.63, 3.8) is 0 Å². The van der Waals surface area contributed by atoms with Gasteiger partial charge in [0.1, 0.15) is 0 Å². The second-order valence-corrected chi connectivity index (χ2v) is 3.78. The van der Waals surface area contributed by atoms with Crippen molar-refractivity contribution in [2.24, 2.45) is 0 Å². The molecule has 0 aliphatic rings. The predicted molar refractivity (Wildman–Crippen MR) is 66.2 cm³/mol. The molecule has 0 unspecified atom stereocenters. The zero-order chi connectivity index (χ0) is 12.8. The summed E-state index contributed by atoms with van der Waals surface area (Å²) in [6, 6.07) is 1.78. The highest BCUT2D eigenvalue weighted by Gasteiger charge is 2.10. The van der Waals surface area contributed by atoms with Gasteiger partial charge in [-0.2, -0.15) is 0 Å². The molecule has 0 saturated heterocycles. The van der Waals surface area contributed by atoms with Gasteiger partial charge in [-0.15, -0.1) is 0 Å². The van der Waals surface area contributed by atoms with Crippen LogP contribution in [-0.2, 0) is 6.54 Å². The van der Waals surface area contributed by atoms with Crippen molar-refractivity contribution in [1.82, 2.24) is 15.6 Å². The molecule has 0 spiro atoms. The molecule has 94 valence electrons. The summed E-state index contributed by atoms with van der Waals surface area (Å²) in [7, 11) is 1.58. The third kappa shape index (κ3) is 3.62. The number of aryl methyl sites for hydroxylation is 2. The Bertz CT molecular complexity index is 405. The molecule has 1 heterocycles. The molecule has 0 atom stereocenters. The van der Waals surface area contributed by atoms with Crippen molar-refractivity contribution in [2.75, 3.05) is 13.7 Å². The van der Waals surface area contributed by atoms with Crippen LogP contribution in [0.5, 0.6) is 5.88 Å². The number of pyridine rings is 1. The van der Waals surface area contributed by atoms with Crippen molar-refractivity contribution in [3.05, 3.63) is 22.9 Å². The molecule has 5 nitrogen and oxygen atoms in total. The van der Waals surface area contributed by atoms with Gasteiger partial charge in [0, 0.05) is 17.8 Å². The van der Waals surface area contributed by atoms with E-state index < -0.39 is 0 Å². The van der Waals surface area contributed by atoms with E-state index in [1.165, 1.54) is 0 Å². The Balaban J connectivity index is 2.79. The Morgan fingerprint density at radius 2 is 2.12 bits per heavy atom. The number of nitrogens with one attached hydrogen (secondary N) is 2. The average molecular weight is 237 g/mol. The summed E-state index contributed by atoms with van der Waals surface area (Å²) in [6.07, 6.45) is 0. The second-order valence-electron chi connectivity index (χ2n) is 3.78. The number of rotatable bonds is 4. The summed E-state index contributed by atoms with van der Waals surface area (Å²) >= 11 is 0. The number of urea groups is 1. The maximum absolute atomic E-state index is 11.3. The Kier molecular flexibility index (Phi) is 4.75. The van der Waals surface area contributed by atoms with Crippen LogP contribution in [-0.4, -0.2) is 24.7 Å². The summed E-state index contributed by atoms with van der Waals surface area (Å²) in [5, 5.41) is 5.44. The van der Waals surface area contributed by atoms with Crippen LogP contribution in [0.25, 0.3) is 0 Å². The fraction of sp³-hybridized carbons (Fsp3) is 0.500. The fourth-order valence-corrected chi connectivity index (χ4v) is 1.60. The van der Waals surface area contributed by atoms with Gasteiger partial charge in [0.15, 0.2) is 0 Å². The Labute approximate surface area is 102 Å². The first-order valence-corrected chi connectivity index (χ1v) is 5.61. The van der Waals surface area contributed by atoms with E-state index in [-0.39, 0.29) is 6.03 Å². The number of nitrogens with zero attached hydrogens (tertiary/aromatic N) is 1. The lowest BCUT2D eigenvalue weighted by molar-refractivity contribution is 0.241. The number of carbonyl (C=O) groups excluding carboxylic acids is 1. The molecule has 0 bridgehead atoms. The maximum atomic E-state index is 11.3. The number of hydrogen-bond acceptors (Lipinski definition) is 3. The third-order valence-electron chi connectivity index (χ3n) is 2.39. The van der Waals surface area contributed by atoms with Gasteiger partial charge in [0.05, 0.1) is 13.7 Å². The molecule has 2 amide bonds. The Hall–Kier alpha value is -1.78. The van der Waals surface area contributed by atoms with E-state index in [9.17, 15) is 4.79 Å². The van der Waals surface area contributed by atoms with Crippen LogP contribution in [0.15, 0.2) is 6.07 Å². The fourth-order valence-electron chi connectivity index (χ4n) is 1.60. The van der Waals surface area contributed by atoms with E-state index in [1.54, 1.807) is 7.11 Å². The van der Waals surface area contributed by atoms with Gasteiger partial charge in [0.2, 0.25) is 5.88 Å². The van der Waals surface area contributed by atoms with Gasteiger partial charge in [-0.25, -0.2) is 9.78 Å². The zero-order valence-corrected chi connectivity index (χ0v) is 10.8. The molecule has 1 rings (SSSR count). The van der Waals surface area contributed by atoms with Crippen molar-refractivity contribution in [3.8, 4) is 5.88 Å². The second kappa shape index (κ2) is 6.08. The molecule has 1 aromatic heterocycles. The molecule has 0 aromatic carbocycles. The molecular formula is C12H19N3O2. The highest BCUT2D eigenvalue weighted by atomic mass is 16.5. The van der Waals surface area contributed by atoms with Crippen molar-refractivity contribution in [2.45, 2.75) is 27.3 Å². The van der Waals surface area contributed by atoms with E-state index in [1.807, 2.05) is 26.8 Å². The third-order valence-corrected chi connectivity index (χ3v) is 2.39. The van der Waals surface area contributed by atoms with Gasteiger partial charge in [-0.3, -0.25) is 0 Å². The smallest absolute Gasteiger partial charge is 0.315 e. The largest absolute Gasteiger partial charge is 0.481 e. The highest BCUT2D eigenvalue weighted by molar-refractivity contribution is 5.73. The first kappa shape index (κ1) is 13.3. The van der Waals surface area contributed by atoms with Crippen molar-refractivity contribution in [1.29, 1.82) is 0 Å². The summed E-state index contributed by atoms with van der Waals surface area (Å²) in [4.78, 5) is 15.6. The van der Waals surface area contributed by atoms with E-state index in [4.69, 9.17) is 4.74 Å². The number of ether oxygens (including phenoxy) is 1. The summed E-state index contributed by atoms with van der Waals surface area (Å²) in [5.41, 5.74) is 2.87. The van der Waals surface area contributed by atoms with Crippen LogP contribution >= 0.6 is 0 Å². The van der Waals surface area contributed by atoms with Gasteiger partial charge >= 0.3 is 6.03 Å². The molecule has 5 heteroatoms. The van der Waals surface area contributed by atoms with Gasteiger partial charge in [-0.05, 0) is 32.4 Å². The lowest BCUT2D eigenvalue weighted by Gasteiger charge is -2.12. The quantitative estimate of drug-likeness (QED) is 0.834. The summed E-state index contributed by atoms with van der Waals surface area (Å²) in [5.74, 6) is 0.569. The van der Waals surface area contributed by atoms with Crippen molar-refractivity contribution >= 4 is 6.03 Å². The van der Waals surface area contributed by atoms with Crippen LogP contribution in [0.1, 0.15) is 23.7 Å². The Morgan fingerprint density at radius 1 is 1.41 bits per heavy atom. The van der Waals surface area contributed by atoms with Crippen LogP contribution in [0.2, 0.25) is 0 Å². The number of hydrogen-bond donors (Lipinski definition) is 2. The van der Waals surface area contributed by atoms with E-state index in [0.29, 0.717) is 19.0 Å². The van der Waals surface area contributed by atoms with E-state index in [0.717, 1.165) is 16.8 Å². The SMILES string of the molecule is CCNC(=O)NCc1c(C)cc(C)nc1OC. The minimum Gasteiger partial charge on any atom is -0.481 e. The van der Waals surface area contributed by atoms with Gasteiger partial charge in [0.25, 0.3) is 0 Å². The topological polar surface area (TPSA) is 63.2 Å². The normalized spacial score (nSPS) is 9.88. The molecule has 0 radical (unpaired) electrons. The van der Waals surface area contributed by atoms with Crippen molar-refractivity contribution < 1.29 is 9.53 Å². The van der Waals surface area contributed by atoms with E-state index >= 15 is 0 Å². The molecule has 0 aliphatic heterocycles. The first-order valence-electron chi connectivity index (χ1n) is 5.61. The number of carbonyl (C=O) groups is 1. The maximum Gasteiger partial charge on any atom is 0.315 e. The molecule has 0 fully saturated rings. The minimum absolute atomic E-state index is 0.186. The minimum atomic E-state index is -0.186. The number of amides is 2. The monoisotopic (exact) mass is 237 g/mol. The summed E-state index contributed by atoms with van der Waals surface area (Å²) in [6.45, 7) is 6.78. The first-order chi connectivity index (χ1) is 8.08. The zero-order valence-electron chi connectivity index (χ0n) is 10.8. The summed E-state index contributed by atoms with van der Waals surface area (Å²) < 4.78 is 5.22. The molecular weight excluding hydrogens is 218 g/mol. The van der Waals surface area contributed by atoms with E-state index in [2.05, 4.69) is 15.6 Å². The average Bonchev–Trinajstić information content (AvgIpc) is 2.27. The van der Waals surface area contributed by atoms with Gasteiger partial charge < -0.3 is 15.4 Å². The standard InChI is InChI=1S/C12H19N3O2/c1-5-13-12(16)14-7-10-8(2)6-9(3)15-11(10)17-4/h6H,5,7H2,1-4H3,(H2,13,14,16). The van der Waals surface area contributed by atoms with Crippen LogP contribution in [0, 0.1) is 13.8 Å². The van der Waals surface area contributed by atoms with Crippen LogP contribution in [0.4, 0.5) is 4.79 Å². The Morgan fingerprint density at radius 3 is 2.71 bits per heavy atom. The highest BCUT2D eigenvalue weighted by Crippen LogP contribution is 2.20. The molecule has 0 aliphatic carbocycles. The van der Waals surface area contributed by atoms with Gasteiger partial charge in [-0.1, -0.05) is 0 Å². The number of methoxy groups -OCH3 is 1. The lowest BCUT2D eigenvalue weighted by atomic mass is 10.1. The number of aromatic nitrogens is 1. The molecule has 0 saturated carbocycles. The lowest BCUT2D eigenvalue weighted by Crippen LogP contribution is -2.35. The molecule has 2 N–H and O–H groups in total. The molecule has 1 aromatic rings. The van der Waals surface area contributed by atoms with Crippen LogP contribution < -0.4 is 15.4 Å². The predicted octanol–water partition coefficient (Wildman–Crippen LogP) is 1.53. The van der Waals surface area contributed by atoms with Crippen LogP contribution in [0.3, 0.4) is 0 Å².